The lowest BCUT2D eigenvalue weighted by molar-refractivity contribution is 0.444. The highest BCUT2D eigenvalue weighted by Crippen LogP contribution is 2.05. The molecule has 0 aliphatic rings. The summed E-state index contributed by atoms with van der Waals surface area (Å²) >= 11 is 0. The van der Waals surface area contributed by atoms with Crippen molar-refractivity contribution in [1.29, 1.82) is 0 Å². The molecular weight excluding hydrogens is 146 g/mol. The first-order valence-corrected chi connectivity index (χ1v) is 4.18. The summed E-state index contributed by atoms with van der Waals surface area (Å²) in [5.74, 6) is 0. The predicted octanol–water partition coefficient (Wildman–Crippen LogP) is 2.63. The molecule has 0 fully saturated rings. The Kier molecular flexibility index (Phi) is 5.39. The van der Waals surface area contributed by atoms with E-state index < -0.39 is 0 Å². The van der Waals surface area contributed by atoms with Gasteiger partial charge in [-0.1, -0.05) is 36.0 Å². The zero-order valence-corrected chi connectivity index (χ0v) is 8.59. The van der Waals surface area contributed by atoms with E-state index in [-0.39, 0.29) is 0 Å². The number of rotatable bonds is 4. The summed E-state index contributed by atoms with van der Waals surface area (Å²) in [6, 6.07) is 0. The molecule has 0 saturated heterocycles. The second kappa shape index (κ2) is 5.78. The minimum absolute atomic E-state index is 1.02. The van der Waals surface area contributed by atoms with E-state index in [2.05, 4.69) is 45.5 Å². The van der Waals surface area contributed by atoms with Crippen molar-refractivity contribution in [3.63, 3.8) is 0 Å². The number of likely N-dealkylation sites (N-methyl/N-ethyl adjacent to an activating group) is 1. The van der Waals surface area contributed by atoms with Crippen LogP contribution in [0.15, 0.2) is 36.0 Å². The van der Waals surface area contributed by atoms with Crippen LogP contribution in [-0.4, -0.2) is 25.5 Å². The van der Waals surface area contributed by atoms with Gasteiger partial charge in [0.1, 0.15) is 0 Å². The number of nitrogens with zero attached hydrogens (tertiary/aromatic N) is 1. The minimum atomic E-state index is 1.02. The van der Waals surface area contributed by atoms with E-state index in [9.17, 15) is 0 Å². The van der Waals surface area contributed by atoms with Crippen molar-refractivity contribution in [3.05, 3.63) is 36.0 Å². The SMILES string of the molecule is C=C/C=C\C(C)=C(/C)CN(C)C. The van der Waals surface area contributed by atoms with Crippen LogP contribution < -0.4 is 0 Å². The number of hydrogen-bond donors (Lipinski definition) is 0. The monoisotopic (exact) mass is 165 g/mol. The Labute approximate surface area is 76.1 Å². The Balaban J connectivity index is 4.25. The lowest BCUT2D eigenvalue weighted by atomic mass is 10.1. The normalized spacial score (nSPS) is 13.8. The molecule has 1 nitrogen and oxygen atoms in total. The van der Waals surface area contributed by atoms with E-state index in [1.165, 1.54) is 11.1 Å². The van der Waals surface area contributed by atoms with Crippen LogP contribution in [0.25, 0.3) is 0 Å². The first-order chi connectivity index (χ1) is 5.57. The van der Waals surface area contributed by atoms with Crippen LogP contribution in [0.1, 0.15) is 13.8 Å². The molecule has 0 spiro atoms. The van der Waals surface area contributed by atoms with Crippen LogP contribution in [0.2, 0.25) is 0 Å². The van der Waals surface area contributed by atoms with Crippen molar-refractivity contribution in [2.45, 2.75) is 13.8 Å². The van der Waals surface area contributed by atoms with Gasteiger partial charge in [0.2, 0.25) is 0 Å². The summed E-state index contributed by atoms with van der Waals surface area (Å²) in [6.07, 6.45) is 5.85. The first kappa shape index (κ1) is 11.2. The van der Waals surface area contributed by atoms with Crippen molar-refractivity contribution >= 4 is 0 Å². The summed E-state index contributed by atoms with van der Waals surface area (Å²) in [7, 11) is 4.15. The lowest BCUT2D eigenvalue weighted by Crippen LogP contribution is -2.14. The summed E-state index contributed by atoms with van der Waals surface area (Å²) in [5, 5.41) is 0. The van der Waals surface area contributed by atoms with Gasteiger partial charge < -0.3 is 4.90 Å². The molecule has 0 rings (SSSR count). The highest BCUT2D eigenvalue weighted by atomic mass is 15.0. The van der Waals surface area contributed by atoms with Gasteiger partial charge >= 0.3 is 0 Å². The van der Waals surface area contributed by atoms with Crippen LogP contribution in [0, 0.1) is 0 Å². The molecule has 0 heterocycles. The molecule has 0 unspecified atom stereocenters. The summed E-state index contributed by atoms with van der Waals surface area (Å²) in [5.41, 5.74) is 2.72. The molecule has 0 aromatic heterocycles. The Morgan fingerprint density at radius 3 is 2.33 bits per heavy atom. The predicted molar refractivity (Wildman–Crippen MR) is 56.3 cm³/mol. The molecule has 0 aromatic rings. The van der Waals surface area contributed by atoms with Crippen LogP contribution in [0.5, 0.6) is 0 Å². The third-order valence-electron chi connectivity index (χ3n) is 1.71. The van der Waals surface area contributed by atoms with Crippen LogP contribution in [-0.2, 0) is 0 Å². The largest absolute Gasteiger partial charge is 0.305 e. The smallest absolute Gasteiger partial charge is 0.0189 e. The second-order valence-electron chi connectivity index (χ2n) is 3.30. The van der Waals surface area contributed by atoms with Gasteiger partial charge in [0, 0.05) is 6.54 Å². The maximum atomic E-state index is 3.63. The molecule has 68 valence electrons. The highest BCUT2D eigenvalue weighted by Gasteiger charge is 1.94. The van der Waals surface area contributed by atoms with E-state index in [0.29, 0.717) is 0 Å². The molecule has 0 aromatic carbocycles. The van der Waals surface area contributed by atoms with Gasteiger partial charge in [0.25, 0.3) is 0 Å². The zero-order chi connectivity index (χ0) is 9.56. The maximum Gasteiger partial charge on any atom is 0.0189 e. The molecule has 0 bridgehead atoms. The van der Waals surface area contributed by atoms with Crippen LogP contribution in [0.4, 0.5) is 0 Å². The molecule has 0 atom stereocenters. The Bertz CT molecular complexity index is 197. The van der Waals surface area contributed by atoms with E-state index in [0.717, 1.165) is 6.54 Å². The van der Waals surface area contributed by atoms with Gasteiger partial charge in [0.05, 0.1) is 0 Å². The van der Waals surface area contributed by atoms with Gasteiger partial charge in [-0.15, -0.1) is 0 Å². The van der Waals surface area contributed by atoms with E-state index in [4.69, 9.17) is 0 Å². The van der Waals surface area contributed by atoms with E-state index in [1.54, 1.807) is 6.08 Å². The average molecular weight is 165 g/mol. The average Bonchev–Trinajstić information content (AvgIpc) is 1.98. The second-order valence-corrected chi connectivity index (χ2v) is 3.30. The van der Waals surface area contributed by atoms with Crippen LogP contribution >= 0.6 is 0 Å². The quantitative estimate of drug-likeness (QED) is 0.579. The minimum Gasteiger partial charge on any atom is -0.305 e. The Morgan fingerprint density at radius 2 is 1.92 bits per heavy atom. The van der Waals surface area contributed by atoms with Crippen molar-refractivity contribution in [2.24, 2.45) is 0 Å². The van der Waals surface area contributed by atoms with Gasteiger partial charge in [-0.2, -0.15) is 0 Å². The topological polar surface area (TPSA) is 3.24 Å². The third-order valence-corrected chi connectivity index (χ3v) is 1.71. The molecule has 0 amide bonds. The molecule has 0 aliphatic heterocycles. The van der Waals surface area contributed by atoms with Crippen molar-refractivity contribution < 1.29 is 0 Å². The molecule has 12 heavy (non-hydrogen) atoms. The van der Waals surface area contributed by atoms with Crippen molar-refractivity contribution in [3.8, 4) is 0 Å². The number of allylic oxidation sites excluding steroid dienone is 4. The van der Waals surface area contributed by atoms with E-state index in [1.807, 2.05) is 6.08 Å². The van der Waals surface area contributed by atoms with E-state index >= 15 is 0 Å². The maximum absolute atomic E-state index is 3.63. The molecule has 0 N–H and O–H groups in total. The van der Waals surface area contributed by atoms with Gasteiger partial charge in [-0.05, 0) is 27.9 Å². The third kappa shape index (κ3) is 4.91. The fourth-order valence-corrected chi connectivity index (χ4v) is 0.954. The standard InChI is InChI=1S/C11H19N/c1-6-7-8-10(2)11(3)9-12(4)5/h6-8H,1,9H2,2-5H3/b8-7-,11-10+. The Morgan fingerprint density at radius 1 is 1.33 bits per heavy atom. The summed E-state index contributed by atoms with van der Waals surface area (Å²) in [4.78, 5) is 2.17. The first-order valence-electron chi connectivity index (χ1n) is 4.18. The van der Waals surface area contributed by atoms with Crippen LogP contribution in [0.3, 0.4) is 0 Å². The van der Waals surface area contributed by atoms with Gasteiger partial charge in [0.15, 0.2) is 0 Å². The summed E-state index contributed by atoms with van der Waals surface area (Å²) in [6.45, 7) is 8.93. The van der Waals surface area contributed by atoms with Crippen molar-refractivity contribution in [2.75, 3.05) is 20.6 Å². The highest BCUT2D eigenvalue weighted by molar-refractivity contribution is 5.25. The zero-order valence-electron chi connectivity index (χ0n) is 8.59. The van der Waals surface area contributed by atoms with Crippen molar-refractivity contribution in [1.82, 2.24) is 4.90 Å². The Hall–Kier alpha value is -0.820. The van der Waals surface area contributed by atoms with Gasteiger partial charge in [-0.3, -0.25) is 0 Å². The molecule has 0 aliphatic carbocycles. The molecule has 1 heteroatoms. The fourth-order valence-electron chi connectivity index (χ4n) is 0.954. The molecule has 0 saturated carbocycles. The molecular formula is C11H19N. The molecule has 0 radical (unpaired) electrons. The number of hydrogen-bond acceptors (Lipinski definition) is 1. The fraction of sp³-hybridized carbons (Fsp3) is 0.455. The lowest BCUT2D eigenvalue weighted by Gasteiger charge is -2.11. The summed E-state index contributed by atoms with van der Waals surface area (Å²) < 4.78 is 0. The van der Waals surface area contributed by atoms with Gasteiger partial charge in [-0.25, -0.2) is 0 Å².